The number of aliphatic imine (C=N–C) groups is 1. The van der Waals surface area contributed by atoms with Crippen molar-refractivity contribution < 1.29 is 9.90 Å². The van der Waals surface area contributed by atoms with Crippen molar-refractivity contribution in [1.82, 2.24) is 0 Å². The maximum Gasteiger partial charge on any atom is 0.227 e. The summed E-state index contributed by atoms with van der Waals surface area (Å²) in [4.78, 5) is 20.3. The molecule has 1 fully saturated rings. The highest BCUT2D eigenvalue weighted by Gasteiger charge is 2.21. The Labute approximate surface area is 154 Å². The van der Waals surface area contributed by atoms with Gasteiger partial charge < -0.3 is 14.9 Å². The predicted molar refractivity (Wildman–Crippen MR) is 107 cm³/mol. The number of hydrogen-bond donors (Lipinski definition) is 1. The molecule has 0 spiro atoms. The van der Waals surface area contributed by atoms with Crippen LogP contribution < -0.4 is 9.80 Å². The zero-order chi connectivity index (χ0) is 18.5. The van der Waals surface area contributed by atoms with Gasteiger partial charge in [0.2, 0.25) is 5.91 Å². The Hall–Kier alpha value is -2.82. The molecule has 3 rings (SSSR count). The van der Waals surface area contributed by atoms with Crippen LogP contribution in [0.5, 0.6) is 5.75 Å². The van der Waals surface area contributed by atoms with E-state index in [1.54, 1.807) is 17.2 Å². The van der Waals surface area contributed by atoms with Crippen LogP contribution in [-0.4, -0.2) is 36.9 Å². The number of phenolic OH excluding ortho intramolecular Hbond substituents is 1. The van der Waals surface area contributed by atoms with Crippen molar-refractivity contribution in [2.45, 2.75) is 26.7 Å². The van der Waals surface area contributed by atoms with E-state index in [0.29, 0.717) is 12.0 Å². The lowest BCUT2D eigenvalue weighted by Crippen LogP contribution is -2.23. The number of amides is 1. The number of carbonyl (C=O) groups excluding carboxylic acids is 1. The number of phenols is 1. The predicted octanol–water partition coefficient (Wildman–Crippen LogP) is 4.12. The van der Waals surface area contributed by atoms with Crippen molar-refractivity contribution >= 4 is 29.2 Å². The molecular weight excluding hydrogens is 326 g/mol. The van der Waals surface area contributed by atoms with Gasteiger partial charge in [-0.25, -0.2) is 0 Å². The lowest BCUT2D eigenvalue weighted by Gasteiger charge is -2.21. The molecule has 0 atom stereocenters. The van der Waals surface area contributed by atoms with Gasteiger partial charge in [0, 0.05) is 55.3 Å². The first kappa shape index (κ1) is 18.0. The number of aromatic hydroxyl groups is 1. The Morgan fingerprint density at radius 1 is 1.19 bits per heavy atom. The summed E-state index contributed by atoms with van der Waals surface area (Å²) in [5.74, 6) is 0.375. The summed E-state index contributed by atoms with van der Waals surface area (Å²) in [5, 5.41) is 10.3. The highest BCUT2D eigenvalue weighted by atomic mass is 16.3. The van der Waals surface area contributed by atoms with E-state index < -0.39 is 0 Å². The molecule has 0 aliphatic carbocycles. The summed E-state index contributed by atoms with van der Waals surface area (Å²) in [7, 11) is 0. The summed E-state index contributed by atoms with van der Waals surface area (Å²) < 4.78 is 0. The highest BCUT2D eigenvalue weighted by molar-refractivity contribution is 5.96. The summed E-state index contributed by atoms with van der Waals surface area (Å²) in [5.41, 5.74) is 3.31. The van der Waals surface area contributed by atoms with Gasteiger partial charge in [0.05, 0.1) is 5.69 Å². The molecule has 1 heterocycles. The van der Waals surface area contributed by atoms with Gasteiger partial charge in [0.25, 0.3) is 0 Å². The SMILES string of the molecule is CCN(CC)c1ccc(C=Nc2cccc(N3CCCC3=O)c2)c(O)c1. The van der Waals surface area contributed by atoms with Crippen molar-refractivity contribution in [2.24, 2.45) is 4.99 Å². The van der Waals surface area contributed by atoms with Crippen LogP contribution in [0, 0.1) is 0 Å². The third-order valence-electron chi connectivity index (χ3n) is 4.71. The van der Waals surface area contributed by atoms with E-state index in [1.807, 2.05) is 36.4 Å². The number of nitrogens with zero attached hydrogens (tertiary/aromatic N) is 3. The molecule has 0 aromatic heterocycles. The normalized spacial score (nSPS) is 14.4. The average Bonchev–Trinajstić information content (AvgIpc) is 3.08. The molecule has 1 aliphatic heterocycles. The van der Waals surface area contributed by atoms with Crippen molar-refractivity contribution in [3.05, 3.63) is 48.0 Å². The van der Waals surface area contributed by atoms with Gasteiger partial charge in [-0.1, -0.05) is 6.07 Å². The fourth-order valence-corrected chi connectivity index (χ4v) is 3.23. The first-order valence-corrected chi connectivity index (χ1v) is 9.14. The smallest absolute Gasteiger partial charge is 0.227 e. The van der Waals surface area contributed by atoms with Crippen LogP contribution >= 0.6 is 0 Å². The second-order valence-electron chi connectivity index (χ2n) is 6.34. The molecular formula is C21H25N3O2. The van der Waals surface area contributed by atoms with Crippen LogP contribution in [0.2, 0.25) is 0 Å². The van der Waals surface area contributed by atoms with Crippen molar-refractivity contribution in [1.29, 1.82) is 0 Å². The van der Waals surface area contributed by atoms with E-state index >= 15 is 0 Å². The first-order chi connectivity index (χ1) is 12.6. The summed E-state index contributed by atoms with van der Waals surface area (Å²) in [6.07, 6.45) is 3.17. The first-order valence-electron chi connectivity index (χ1n) is 9.14. The molecule has 0 saturated carbocycles. The number of carbonyl (C=O) groups is 1. The summed E-state index contributed by atoms with van der Waals surface area (Å²) >= 11 is 0. The molecule has 5 heteroatoms. The maximum absolute atomic E-state index is 11.9. The molecule has 2 aromatic rings. The fourth-order valence-electron chi connectivity index (χ4n) is 3.23. The minimum Gasteiger partial charge on any atom is -0.507 e. The Morgan fingerprint density at radius 3 is 2.65 bits per heavy atom. The number of anilines is 2. The van der Waals surface area contributed by atoms with E-state index in [0.717, 1.165) is 43.1 Å². The topological polar surface area (TPSA) is 56.1 Å². The van der Waals surface area contributed by atoms with Gasteiger partial charge in [-0.2, -0.15) is 0 Å². The van der Waals surface area contributed by atoms with Gasteiger partial charge in [0.15, 0.2) is 0 Å². The molecule has 1 amide bonds. The molecule has 5 nitrogen and oxygen atoms in total. The molecule has 0 bridgehead atoms. The monoisotopic (exact) mass is 351 g/mol. The van der Waals surface area contributed by atoms with Gasteiger partial charge >= 0.3 is 0 Å². The number of benzene rings is 2. The van der Waals surface area contributed by atoms with Gasteiger partial charge in [-0.05, 0) is 50.6 Å². The zero-order valence-electron chi connectivity index (χ0n) is 15.4. The Bertz CT molecular complexity index is 813. The number of rotatable bonds is 6. The van der Waals surface area contributed by atoms with Crippen molar-refractivity contribution in [3.8, 4) is 5.75 Å². The largest absolute Gasteiger partial charge is 0.507 e. The van der Waals surface area contributed by atoms with E-state index in [2.05, 4.69) is 23.7 Å². The number of hydrogen-bond acceptors (Lipinski definition) is 4. The van der Waals surface area contributed by atoms with Crippen LogP contribution in [0.4, 0.5) is 17.1 Å². The van der Waals surface area contributed by atoms with Gasteiger partial charge in [-0.15, -0.1) is 0 Å². The lowest BCUT2D eigenvalue weighted by atomic mass is 10.1. The third kappa shape index (κ3) is 3.87. The fraction of sp³-hybridized carbons (Fsp3) is 0.333. The Kier molecular flexibility index (Phi) is 5.56. The second-order valence-corrected chi connectivity index (χ2v) is 6.34. The Balaban J connectivity index is 1.78. The minimum absolute atomic E-state index is 0.163. The second kappa shape index (κ2) is 8.04. The van der Waals surface area contributed by atoms with Crippen LogP contribution in [0.3, 0.4) is 0 Å². The molecule has 26 heavy (non-hydrogen) atoms. The molecule has 0 unspecified atom stereocenters. The average molecular weight is 351 g/mol. The van der Waals surface area contributed by atoms with Gasteiger partial charge in [-0.3, -0.25) is 9.79 Å². The van der Waals surface area contributed by atoms with Crippen LogP contribution in [-0.2, 0) is 4.79 Å². The van der Waals surface area contributed by atoms with E-state index in [4.69, 9.17) is 0 Å². The third-order valence-corrected chi connectivity index (χ3v) is 4.71. The molecule has 1 N–H and O–H groups in total. The van der Waals surface area contributed by atoms with E-state index in [-0.39, 0.29) is 11.7 Å². The molecule has 1 saturated heterocycles. The summed E-state index contributed by atoms with van der Waals surface area (Å²) in [6, 6.07) is 13.3. The van der Waals surface area contributed by atoms with Gasteiger partial charge in [0.1, 0.15) is 5.75 Å². The standard InChI is InChI=1S/C21H25N3O2/c1-3-23(4-2)18-11-10-16(20(25)14-18)15-22-17-7-5-8-19(13-17)24-12-6-9-21(24)26/h5,7-8,10-11,13-15,25H,3-4,6,9,12H2,1-2H3. The van der Waals surface area contributed by atoms with Crippen LogP contribution in [0.15, 0.2) is 47.5 Å². The zero-order valence-corrected chi connectivity index (χ0v) is 15.4. The lowest BCUT2D eigenvalue weighted by molar-refractivity contribution is -0.117. The van der Waals surface area contributed by atoms with E-state index in [9.17, 15) is 9.90 Å². The van der Waals surface area contributed by atoms with E-state index in [1.165, 1.54) is 0 Å². The molecule has 0 radical (unpaired) electrons. The summed E-state index contributed by atoms with van der Waals surface area (Å²) in [6.45, 7) is 6.73. The molecule has 2 aromatic carbocycles. The minimum atomic E-state index is 0.163. The highest BCUT2D eigenvalue weighted by Crippen LogP contribution is 2.27. The maximum atomic E-state index is 11.9. The van der Waals surface area contributed by atoms with Crippen molar-refractivity contribution in [3.63, 3.8) is 0 Å². The molecule has 1 aliphatic rings. The quantitative estimate of drug-likeness (QED) is 0.797. The molecule has 136 valence electrons. The van der Waals surface area contributed by atoms with Crippen molar-refractivity contribution in [2.75, 3.05) is 29.4 Å². The van der Waals surface area contributed by atoms with Crippen LogP contribution in [0.25, 0.3) is 0 Å². The van der Waals surface area contributed by atoms with Crippen LogP contribution in [0.1, 0.15) is 32.3 Å². The Morgan fingerprint density at radius 2 is 2.00 bits per heavy atom.